The van der Waals surface area contributed by atoms with Gasteiger partial charge in [-0.25, -0.2) is 13.2 Å². The van der Waals surface area contributed by atoms with E-state index in [4.69, 9.17) is 5.73 Å². The number of amides is 1. The lowest BCUT2D eigenvalue weighted by Gasteiger charge is -2.46. The molecule has 0 radical (unpaired) electrons. The molecular weight excluding hydrogens is 530 g/mol. The fraction of sp³-hybridized carbons (Fsp3) is 0.211. The first kappa shape index (κ1) is 22.8. The Morgan fingerprint density at radius 2 is 1.97 bits per heavy atom. The van der Waals surface area contributed by atoms with Gasteiger partial charge in [-0.15, -0.1) is 4.91 Å². The molecule has 2 aromatic rings. The molecule has 0 unspecified atom stereocenters. The predicted octanol–water partition coefficient (Wildman–Crippen LogP) is 2.75. The number of carbonyl (C=O) groups excluding carboxylic acids is 1. The van der Waals surface area contributed by atoms with Gasteiger partial charge >= 0.3 is 0 Å². The minimum atomic E-state index is -1.34. The van der Waals surface area contributed by atoms with Crippen molar-refractivity contribution in [3.8, 4) is 0 Å². The molecule has 12 heteroatoms. The SMILES string of the molecule is N/C(=C\N=O)NCC1(O)CN(C(=O)c2ccc(F)c(F)c2Nc2ccc(I)cc2F)C1. The second kappa shape index (κ2) is 9.09. The van der Waals surface area contributed by atoms with Gasteiger partial charge in [-0.2, -0.15) is 0 Å². The number of nitrogens with zero attached hydrogens (tertiary/aromatic N) is 2. The quantitative estimate of drug-likeness (QED) is 0.313. The molecule has 0 bridgehead atoms. The number of rotatable bonds is 7. The second-order valence-electron chi connectivity index (χ2n) is 6.96. The zero-order valence-electron chi connectivity index (χ0n) is 15.8. The molecule has 0 spiro atoms. The van der Waals surface area contributed by atoms with Gasteiger partial charge in [0, 0.05) is 10.1 Å². The van der Waals surface area contributed by atoms with Crippen LogP contribution in [0.15, 0.2) is 47.5 Å². The van der Waals surface area contributed by atoms with Gasteiger partial charge in [0.05, 0.1) is 30.0 Å². The van der Waals surface area contributed by atoms with Crippen molar-refractivity contribution in [1.82, 2.24) is 10.2 Å². The second-order valence-corrected chi connectivity index (χ2v) is 8.21. The Morgan fingerprint density at radius 3 is 2.61 bits per heavy atom. The van der Waals surface area contributed by atoms with E-state index in [9.17, 15) is 28.0 Å². The number of likely N-dealkylation sites (tertiary alicyclic amines) is 1. The van der Waals surface area contributed by atoms with E-state index in [1.54, 1.807) is 6.07 Å². The van der Waals surface area contributed by atoms with Crippen LogP contribution in [0.5, 0.6) is 0 Å². The molecule has 1 aliphatic rings. The van der Waals surface area contributed by atoms with Crippen LogP contribution < -0.4 is 16.4 Å². The number of halogens is 4. The highest BCUT2D eigenvalue weighted by molar-refractivity contribution is 14.1. The number of nitroso groups, excluding NO2 is 1. The van der Waals surface area contributed by atoms with Gasteiger partial charge in [0.25, 0.3) is 5.91 Å². The molecule has 8 nitrogen and oxygen atoms in total. The molecule has 1 aliphatic heterocycles. The van der Waals surface area contributed by atoms with Gasteiger partial charge in [0.2, 0.25) is 0 Å². The number of carbonyl (C=O) groups is 1. The molecule has 1 amide bonds. The van der Waals surface area contributed by atoms with Crippen molar-refractivity contribution in [2.45, 2.75) is 5.60 Å². The maximum Gasteiger partial charge on any atom is 0.256 e. The van der Waals surface area contributed by atoms with Crippen LogP contribution >= 0.6 is 22.6 Å². The highest BCUT2D eigenvalue weighted by atomic mass is 127. The van der Waals surface area contributed by atoms with E-state index in [1.165, 1.54) is 17.0 Å². The number of aliphatic hydroxyl groups is 1. The fourth-order valence-corrected chi connectivity index (χ4v) is 3.49. The summed E-state index contributed by atoms with van der Waals surface area (Å²) in [5, 5.41) is 17.9. The van der Waals surface area contributed by atoms with Crippen LogP contribution in [-0.2, 0) is 0 Å². The number of benzene rings is 2. The maximum atomic E-state index is 14.5. The lowest BCUT2D eigenvalue weighted by atomic mass is 9.92. The Balaban J connectivity index is 1.79. The maximum absolute atomic E-state index is 14.5. The summed E-state index contributed by atoms with van der Waals surface area (Å²) in [6.07, 6.45) is 0.827. The summed E-state index contributed by atoms with van der Waals surface area (Å²) in [6.45, 7) is -0.320. The number of nitrogens with one attached hydrogen (secondary N) is 2. The van der Waals surface area contributed by atoms with Gasteiger partial charge in [0.15, 0.2) is 11.6 Å². The molecule has 164 valence electrons. The van der Waals surface area contributed by atoms with Crippen molar-refractivity contribution in [3.05, 3.63) is 73.8 Å². The van der Waals surface area contributed by atoms with Gasteiger partial charge in [-0.05, 0) is 58.1 Å². The van der Waals surface area contributed by atoms with Crippen molar-refractivity contribution in [1.29, 1.82) is 0 Å². The van der Waals surface area contributed by atoms with Crippen LogP contribution in [0.25, 0.3) is 0 Å². The van der Waals surface area contributed by atoms with E-state index in [0.717, 1.165) is 18.3 Å². The van der Waals surface area contributed by atoms with E-state index < -0.39 is 34.6 Å². The molecule has 2 aromatic carbocycles. The molecule has 0 atom stereocenters. The van der Waals surface area contributed by atoms with Crippen molar-refractivity contribution in [3.63, 3.8) is 0 Å². The van der Waals surface area contributed by atoms with E-state index in [2.05, 4.69) is 15.8 Å². The molecule has 5 N–H and O–H groups in total. The number of hydrogen-bond donors (Lipinski definition) is 4. The summed E-state index contributed by atoms with van der Waals surface area (Å²) in [5.74, 6) is -3.98. The molecule has 31 heavy (non-hydrogen) atoms. The largest absolute Gasteiger partial charge is 0.384 e. The lowest BCUT2D eigenvalue weighted by molar-refractivity contribution is -0.0773. The topological polar surface area (TPSA) is 120 Å². The summed E-state index contributed by atoms with van der Waals surface area (Å²) < 4.78 is 43.1. The van der Waals surface area contributed by atoms with Gasteiger partial charge in [-0.1, -0.05) is 0 Å². The van der Waals surface area contributed by atoms with E-state index in [1.807, 2.05) is 22.6 Å². The number of anilines is 2. The Morgan fingerprint density at radius 1 is 1.26 bits per heavy atom. The Labute approximate surface area is 188 Å². The average Bonchev–Trinajstić information content (AvgIpc) is 2.69. The molecule has 1 heterocycles. The minimum Gasteiger partial charge on any atom is -0.384 e. The normalized spacial score (nSPS) is 15.3. The van der Waals surface area contributed by atoms with Gasteiger partial charge in [0.1, 0.15) is 23.4 Å². The lowest BCUT2D eigenvalue weighted by Crippen LogP contribution is -2.67. The van der Waals surface area contributed by atoms with Crippen LogP contribution in [0.4, 0.5) is 24.5 Å². The summed E-state index contributed by atoms with van der Waals surface area (Å²) in [7, 11) is 0. The third kappa shape index (κ3) is 5.07. The molecule has 3 rings (SSSR count). The molecule has 0 saturated carbocycles. The van der Waals surface area contributed by atoms with Crippen molar-refractivity contribution < 1.29 is 23.1 Å². The third-order valence-electron chi connectivity index (χ3n) is 4.59. The highest BCUT2D eigenvalue weighted by Crippen LogP contribution is 2.31. The Bertz CT molecular complexity index is 1060. The van der Waals surface area contributed by atoms with E-state index in [-0.39, 0.29) is 36.7 Å². The first-order chi connectivity index (χ1) is 14.6. The van der Waals surface area contributed by atoms with E-state index in [0.29, 0.717) is 3.57 Å². The zero-order chi connectivity index (χ0) is 22.8. The Kier molecular flexibility index (Phi) is 6.69. The smallest absolute Gasteiger partial charge is 0.256 e. The molecule has 0 aromatic heterocycles. The van der Waals surface area contributed by atoms with Crippen LogP contribution in [-0.4, -0.2) is 41.1 Å². The van der Waals surface area contributed by atoms with Crippen LogP contribution in [0.3, 0.4) is 0 Å². The average molecular weight is 547 g/mol. The predicted molar refractivity (Wildman–Crippen MR) is 116 cm³/mol. The van der Waals surface area contributed by atoms with Crippen LogP contribution in [0, 0.1) is 25.9 Å². The molecule has 1 fully saturated rings. The van der Waals surface area contributed by atoms with Crippen molar-refractivity contribution >= 4 is 39.9 Å². The standard InChI is InChI=1S/C19H17F3IN5O3/c20-12-3-2-11(17(16(12)22)27-14-4-1-10(23)5-13(14)21)18(29)28-8-19(30,9-28)7-25-15(24)6-26-31/h1-6,25,27,30H,7-9,24H2/b15-6+. The summed E-state index contributed by atoms with van der Waals surface area (Å²) in [6, 6.07) is 5.98. The van der Waals surface area contributed by atoms with Gasteiger partial charge < -0.3 is 26.4 Å². The highest BCUT2D eigenvalue weighted by Gasteiger charge is 2.44. The summed E-state index contributed by atoms with van der Waals surface area (Å²) in [4.78, 5) is 24.2. The molecule has 0 aliphatic carbocycles. The molecular formula is C19H17F3IN5O3. The summed E-state index contributed by atoms with van der Waals surface area (Å²) >= 11 is 1.90. The van der Waals surface area contributed by atoms with Crippen LogP contribution in [0.2, 0.25) is 0 Å². The van der Waals surface area contributed by atoms with E-state index >= 15 is 0 Å². The number of hydrogen-bond acceptors (Lipinski definition) is 7. The zero-order valence-corrected chi connectivity index (χ0v) is 18.0. The molecule has 1 saturated heterocycles. The fourth-order valence-electron chi connectivity index (χ4n) is 3.04. The van der Waals surface area contributed by atoms with Crippen molar-refractivity contribution in [2.24, 2.45) is 10.9 Å². The minimum absolute atomic E-state index is 0.0557. The van der Waals surface area contributed by atoms with Crippen molar-refractivity contribution in [2.75, 3.05) is 25.0 Å². The first-order valence-corrected chi connectivity index (χ1v) is 9.95. The Hall–Kier alpha value is -2.87. The van der Waals surface area contributed by atoms with Crippen LogP contribution in [0.1, 0.15) is 10.4 Å². The first-order valence-electron chi connectivity index (χ1n) is 8.87. The number of nitrogens with two attached hydrogens (primary N) is 1. The monoisotopic (exact) mass is 547 g/mol. The summed E-state index contributed by atoms with van der Waals surface area (Å²) in [5.41, 5.74) is 3.24. The number of β-amino-alcohol motifs (C(OH)–C–C–N with tert-alkyl or cyclic N) is 1. The third-order valence-corrected chi connectivity index (χ3v) is 5.26. The van der Waals surface area contributed by atoms with Gasteiger partial charge in [-0.3, -0.25) is 4.79 Å².